The molecule has 0 aliphatic heterocycles. The van der Waals surface area contributed by atoms with Crippen LogP contribution in [0.2, 0.25) is 0 Å². The standard InChI is InChI=1S/C16H13N3O3/c20-19(21)14-8-9-15(17-11-13-7-4-10-22-13)18-16(14)12-5-2-1-3-6-12/h1-10H,11H2,(H,17,18). The highest BCUT2D eigenvalue weighted by atomic mass is 16.6. The van der Waals surface area contributed by atoms with E-state index in [1.807, 2.05) is 24.3 Å². The highest BCUT2D eigenvalue weighted by Gasteiger charge is 2.17. The Balaban J connectivity index is 1.92. The zero-order chi connectivity index (χ0) is 15.4. The Morgan fingerprint density at radius 3 is 2.59 bits per heavy atom. The number of benzene rings is 1. The van der Waals surface area contributed by atoms with Crippen molar-refractivity contribution < 1.29 is 9.34 Å². The van der Waals surface area contributed by atoms with E-state index in [1.165, 1.54) is 6.07 Å². The summed E-state index contributed by atoms with van der Waals surface area (Å²) < 4.78 is 5.23. The van der Waals surface area contributed by atoms with E-state index in [9.17, 15) is 10.1 Å². The molecule has 0 unspecified atom stereocenters. The highest BCUT2D eigenvalue weighted by molar-refractivity contribution is 5.71. The monoisotopic (exact) mass is 295 g/mol. The predicted octanol–water partition coefficient (Wildman–Crippen LogP) is 3.86. The van der Waals surface area contributed by atoms with Crippen molar-refractivity contribution in [3.05, 3.63) is 76.7 Å². The molecule has 3 aromatic rings. The van der Waals surface area contributed by atoms with E-state index >= 15 is 0 Å². The molecule has 1 N–H and O–H groups in total. The molecule has 0 aliphatic carbocycles. The summed E-state index contributed by atoms with van der Waals surface area (Å²) in [4.78, 5) is 15.1. The summed E-state index contributed by atoms with van der Waals surface area (Å²) in [6.07, 6.45) is 1.59. The van der Waals surface area contributed by atoms with Gasteiger partial charge in [0.15, 0.2) is 5.69 Å². The van der Waals surface area contributed by atoms with Crippen molar-refractivity contribution in [2.45, 2.75) is 6.54 Å². The molecule has 0 radical (unpaired) electrons. The van der Waals surface area contributed by atoms with Crippen LogP contribution >= 0.6 is 0 Å². The number of rotatable bonds is 5. The topological polar surface area (TPSA) is 81.2 Å². The summed E-state index contributed by atoms with van der Waals surface area (Å²) >= 11 is 0. The molecular weight excluding hydrogens is 282 g/mol. The lowest BCUT2D eigenvalue weighted by atomic mass is 10.1. The van der Waals surface area contributed by atoms with E-state index in [0.717, 1.165) is 5.76 Å². The van der Waals surface area contributed by atoms with Gasteiger partial charge in [-0.1, -0.05) is 30.3 Å². The van der Waals surface area contributed by atoms with Gasteiger partial charge in [0.1, 0.15) is 11.6 Å². The Bertz CT molecular complexity index is 771. The predicted molar refractivity (Wildman–Crippen MR) is 82.4 cm³/mol. The van der Waals surface area contributed by atoms with Crippen molar-refractivity contribution in [2.24, 2.45) is 0 Å². The van der Waals surface area contributed by atoms with E-state index in [2.05, 4.69) is 10.3 Å². The Morgan fingerprint density at radius 1 is 1.09 bits per heavy atom. The van der Waals surface area contributed by atoms with Gasteiger partial charge in [0.2, 0.25) is 0 Å². The lowest BCUT2D eigenvalue weighted by Gasteiger charge is -2.07. The molecule has 0 saturated heterocycles. The van der Waals surface area contributed by atoms with Crippen molar-refractivity contribution in [1.82, 2.24) is 4.98 Å². The zero-order valence-corrected chi connectivity index (χ0v) is 11.6. The molecular formula is C16H13N3O3. The van der Waals surface area contributed by atoms with Crippen LogP contribution in [0.4, 0.5) is 11.5 Å². The third-order valence-corrected chi connectivity index (χ3v) is 3.14. The number of nitrogens with zero attached hydrogens (tertiary/aromatic N) is 2. The number of nitro groups is 1. The molecule has 3 rings (SSSR count). The third kappa shape index (κ3) is 2.95. The van der Waals surface area contributed by atoms with Gasteiger partial charge in [-0.25, -0.2) is 4.98 Å². The highest BCUT2D eigenvalue weighted by Crippen LogP contribution is 2.29. The van der Waals surface area contributed by atoms with Crippen LogP contribution in [0.3, 0.4) is 0 Å². The van der Waals surface area contributed by atoms with Crippen LogP contribution in [-0.2, 0) is 6.54 Å². The zero-order valence-electron chi connectivity index (χ0n) is 11.6. The van der Waals surface area contributed by atoms with Crippen molar-refractivity contribution in [1.29, 1.82) is 0 Å². The van der Waals surface area contributed by atoms with E-state index in [4.69, 9.17) is 4.42 Å². The molecule has 110 valence electrons. The molecule has 6 heteroatoms. The lowest BCUT2D eigenvalue weighted by Crippen LogP contribution is -2.03. The van der Waals surface area contributed by atoms with E-state index in [0.29, 0.717) is 23.6 Å². The first-order valence-electron chi connectivity index (χ1n) is 6.71. The number of nitrogens with one attached hydrogen (secondary N) is 1. The van der Waals surface area contributed by atoms with Crippen LogP contribution in [0.1, 0.15) is 5.76 Å². The Hall–Kier alpha value is -3.15. The number of hydrogen-bond acceptors (Lipinski definition) is 5. The first-order chi connectivity index (χ1) is 10.7. The third-order valence-electron chi connectivity index (χ3n) is 3.14. The van der Waals surface area contributed by atoms with Gasteiger partial charge in [0.25, 0.3) is 5.69 Å². The molecule has 2 heterocycles. The molecule has 0 saturated carbocycles. The van der Waals surface area contributed by atoms with Crippen molar-refractivity contribution >= 4 is 11.5 Å². The van der Waals surface area contributed by atoms with Crippen LogP contribution in [0.25, 0.3) is 11.3 Å². The molecule has 0 spiro atoms. The average molecular weight is 295 g/mol. The second-order valence-corrected chi connectivity index (χ2v) is 4.62. The largest absolute Gasteiger partial charge is 0.467 e. The molecule has 6 nitrogen and oxygen atoms in total. The van der Waals surface area contributed by atoms with Crippen molar-refractivity contribution in [2.75, 3.05) is 5.32 Å². The Morgan fingerprint density at radius 2 is 1.91 bits per heavy atom. The van der Waals surface area contributed by atoms with Gasteiger partial charge in [0, 0.05) is 11.6 Å². The minimum Gasteiger partial charge on any atom is -0.467 e. The van der Waals surface area contributed by atoms with Gasteiger partial charge >= 0.3 is 0 Å². The lowest BCUT2D eigenvalue weighted by molar-refractivity contribution is -0.384. The Labute approximate surface area is 126 Å². The van der Waals surface area contributed by atoms with Crippen LogP contribution in [0, 0.1) is 10.1 Å². The molecule has 0 amide bonds. The van der Waals surface area contributed by atoms with Crippen LogP contribution in [-0.4, -0.2) is 9.91 Å². The number of furan rings is 1. The van der Waals surface area contributed by atoms with Crippen molar-refractivity contribution in [3.8, 4) is 11.3 Å². The number of pyridine rings is 1. The Kier molecular flexibility index (Phi) is 3.82. The molecule has 0 fully saturated rings. The fourth-order valence-electron chi connectivity index (χ4n) is 2.10. The summed E-state index contributed by atoms with van der Waals surface area (Å²) in [6, 6.07) is 15.8. The SMILES string of the molecule is O=[N+]([O-])c1ccc(NCc2ccco2)nc1-c1ccccc1. The first kappa shape index (κ1) is 13.8. The summed E-state index contributed by atoms with van der Waals surface area (Å²) in [6.45, 7) is 0.464. The van der Waals surface area contributed by atoms with Crippen LogP contribution in [0.5, 0.6) is 0 Å². The maximum absolute atomic E-state index is 11.2. The number of hydrogen-bond donors (Lipinski definition) is 1. The van der Waals surface area contributed by atoms with Gasteiger partial charge in [0.05, 0.1) is 17.7 Å². The van der Waals surface area contributed by atoms with Gasteiger partial charge in [-0.05, 0) is 18.2 Å². The fourth-order valence-corrected chi connectivity index (χ4v) is 2.10. The molecule has 0 atom stereocenters. The van der Waals surface area contributed by atoms with Crippen molar-refractivity contribution in [3.63, 3.8) is 0 Å². The van der Waals surface area contributed by atoms with Gasteiger partial charge in [-0.3, -0.25) is 10.1 Å². The van der Waals surface area contributed by atoms with Gasteiger partial charge in [-0.15, -0.1) is 0 Å². The summed E-state index contributed by atoms with van der Waals surface area (Å²) in [5.74, 6) is 1.32. The summed E-state index contributed by atoms with van der Waals surface area (Å²) in [5, 5.41) is 14.3. The summed E-state index contributed by atoms with van der Waals surface area (Å²) in [7, 11) is 0. The normalized spacial score (nSPS) is 10.4. The van der Waals surface area contributed by atoms with Gasteiger partial charge in [-0.2, -0.15) is 0 Å². The van der Waals surface area contributed by atoms with Gasteiger partial charge < -0.3 is 9.73 Å². The van der Waals surface area contributed by atoms with E-state index in [-0.39, 0.29) is 5.69 Å². The molecule has 22 heavy (non-hydrogen) atoms. The fraction of sp³-hybridized carbons (Fsp3) is 0.0625. The maximum Gasteiger partial charge on any atom is 0.295 e. The number of anilines is 1. The first-order valence-corrected chi connectivity index (χ1v) is 6.71. The minimum absolute atomic E-state index is 0.0188. The molecule has 2 aromatic heterocycles. The van der Waals surface area contributed by atoms with Crippen LogP contribution in [0.15, 0.2) is 65.3 Å². The number of aromatic nitrogens is 1. The van der Waals surface area contributed by atoms with Crippen LogP contribution < -0.4 is 5.32 Å². The average Bonchev–Trinajstić information content (AvgIpc) is 3.07. The molecule has 0 aliphatic rings. The second-order valence-electron chi connectivity index (χ2n) is 4.62. The molecule has 1 aromatic carbocycles. The smallest absolute Gasteiger partial charge is 0.295 e. The van der Waals surface area contributed by atoms with E-state index < -0.39 is 4.92 Å². The maximum atomic E-state index is 11.2. The minimum atomic E-state index is -0.425. The quantitative estimate of drug-likeness (QED) is 0.571. The molecule has 0 bridgehead atoms. The van der Waals surface area contributed by atoms with E-state index in [1.54, 1.807) is 30.5 Å². The second kappa shape index (κ2) is 6.09. The summed E-state index contributed by atoms with van der Waals surface area (Å²) in [5.41, 5.74) is 1.03.